The van der Waals surface area contributed by atoms with Crippen molar-refractivity contribution < 1.29 is 14.3 Å². The van der Waals surface area contributed by atoms with Crippen molar-refractivity contribution in [1.82, 2.24) is 5.32 Å². The fourth-order valence-corrected chi connectivity index (χ4v) is 1.14. The Morgan fingerprint density at radius 3 is 2.60 bits per heavy atom. The molecule has 0 heterocycles. The van der Waals surface area contributed by atoms with E-state index in [0.29, 0.717) is 6.54 Å². The lowest BCUT2D eigenvalue weighted by Crippen LogP contribution is -2.48. The first kappa shape index (κ1) is 12.0. The van der Waals surface area contributed by atoms with E-state index in [9.17, 15) is 9.59 Å². The third-order valence-electron chi connectivity index (χ3n) is 2.62. The van der Waals surface area contributed by atoms with E-state index in [1.54, 1.807) is 6.92 Å². The molecule has 5 heteroatoms. The van der Waals surface area contributed by atoms with Crippen molar-refractivity contribution in [3.05, 3.63) is 0 Å². The molecule has 1 rings (SSSR count). The lowest BCUT2D eigenvalue weighted by Gasteiger charge is -2.13. The number of carbonyl (C=O) groups excluding carboxylic acids is 2. The Labute approximate surface area is 89.3 Å². The molecule has 0 aliphatic heterocycles. The second-order valence-electron chi connectivity index (χ2n) is 4.26. The molecule has 0 spiro atoms. The summed E-state index contributed by atoms with van der Waals surface area (Å²) < 4.78 is 4.65. The number of hydrogen-bond donors (Lipinski definition) is 2. The van der Waals surface area contributed by atoms with Crippen LogP contribution in [0.5, 0.6) is 0 Å². The Hall–Kier alpha value is -1.10. The fraction of sp³-hybridized carbons (Fsp3) is 0.800. The highest BCUT2D eigenvalue weighted by molar-refractivity contribution is 6.01. The number of esters is 1. The molecule has 3 N–H and O–H groups in total. The summed E-state index contributed by atoms with van der Waals surface area (Å²) in [6.07, 6.45) is 2.23. The maximum Gasteiger partial charge on any atom is 0.332 e. The molecule has 1 atom stereocenters. The fourth-order valence-electron chi connectivity index (χ4n) is 1.14. The van der Waals surface area contributed by atoms with Crippen LogP contribution in [0, 0.1) is 5.41 Å². The molecule has 1 unspecified atom stereocenters. The predicted octanol–water partition coefficient (Wildman–Crippen LogP) is -0.207. The summed E-state index contributed by atoms with van der Waals surface area (Å²) in [5.74, 6) is -1.13. The summed E-state index contributed by atoms with van der Waals surface area (Å²) in [6, 6.07) is -1.20. The average molecular weight is 214 g/mol. The number of amides is 1. The van der Waals surface area contributed by atoms with E-state index in [1.807, 2.05) is 0 Å². The maximum atomic E-state index is 11.4. The topological polar surface area (TPSA) is 81.4 Å². The molecular formula is C10H18N2O3. The van der Waals surface area contributed by atoms with Gasteiger partial charge in [-0.1, -0.05) is 6.92 Å². The van der Waals surface area contributed by atoms with Crippen molar-refractivity contribution in [2.24, 2.45) is 11.1 Å². The van der Waals surface area contributed by atoms with Gasteiger partial charge in [0.15, 0.2) is 6.04 Å². The highest BCUT2D eigenvalue weighted by Crippen LogP contribution is 2.43. The van der Waals surface area contributed by atoms with Gasteiger partial charge in [-0.2, -0.15) is 0 Å². The first-order valence-corrected chi connectivity index (χ1v) is 5.18. The van der Waals surface area contributed by atoms with Crippen LogP contribution in [0.25, 0.3) is 0 Å². The van der Waals surface area contributed by atoms with Crippen molar-refractivity contribution >= 4 is 11.9 Å². The zero-order chi connectivity index (χ0) is 11.5. The molecule has 5 nitrogen and oxygen atoms in total. The van der Waals surface area contributed by atoms with Gasteiger partial charge >= 0.3 is 5.97 Å². The van der Waals surface area contributed by atoms with Gasteiger partial charge in [-0.25, -0.2) is 4.79 Å². The second-order valence-corrected chi connectivity index (χ2v) is 4.26. The molecule has 0 radical (unpaired) electrons. The number of hydrogen-bond acceptors (Lipinski definition) is 4. The quantitative estimate of drug-likeness (QED) is 0.490. The van der Waals surface area contributed by atoms with Gasteiger partial charge < -0.3 is 15.8 Å². The minimum absolute atomic E-state index is 0.212. The summed E-state index contributed by atoms with van der Waals surface area (Å²) in [6.45, 7) is 4.58. The smallest absolute Gasteiger partial charge is 0.332 e. The molecule has 1 fully saturated rings. The summed E-state index contributed by atoms with van der Waals surface area (Å²) in [5, 5.41) is 2.66. The van der Waals surface area contributed by atoms with Crippen LogP contribution in [0.4, 0.5) is 0 Å². The van der Waals surface area contributed by atoms with E-state index in [0.717, 1.165) is 12.8 Å². The molecular weight excluding hydrogens is 196 g/mol. The lowest BCUT2D eigenvalue weighted by molar-refractivity contribution is -0.148. The van der Waals surface area contributed by atoms with Crippen LogP contribution in [0.3, 0.4) is 0 Å². The predicted molar refractivity (Wildman–Crippen MR) is 55.0 cm³/mol. The zero-order valence-electron chi connectivity index (χ0n) is 9.21. The Balaban J connectivity index is 2.29. The molecule has 1 aliphatic carbocycles. The highest BCUT2D eigenvalue weighted by atomic mass is 16.5. The standard InChI is InChI=1S/C10H18N2O3/c1-3-15-9(14)7(11)8(13)12-6-10(2)4-5-10/h7H,3-6,11H2,1-2H3,(H,12,13). The summed E-state index contributed by atoms with van der Waals surface area (Å²) in [7, 11) is 0. The highest BCUT2D eigenvalue weighted by Gasteiger charge is 2.38. The van der Waals surface area contributed by atoms with E-state index in [2.05, 4.69) is 17.0 Å². The van der Waals surface area contributed by atoms with E-state index in [4.69, 9.17) is 5.73 Å². The maximum absolute atomic E-state index is 11.4. The summed E-state index contributed by atoms with van der Waals surface area (Å²) in [4.78, 5) is 22.5. The van der Waals surface area contributed by atoms with Gasteiger partial charge in [-0.05, 0) is 25.2 Å². The van der Waals surface area contributed by atoms with E-state index in [-0.39, 0.29) is 12.0 Å². The number of rotatable bonds is 5. The van der Waals surface area contributed by atoms with E-state index < -0.39 is 17.9 Å². The SMILES string of the molecule is CCOC(=O)C(N)C(=O)NCC1(C)CC1. The monoisotopic (exact) mass is 214 g/mol. The first-order valence-electron chi connectivity index (χ1n) is 5.18. The minimum atomic E-state index is -1.20. The molecule has 0 aromatic heterocycles. The molecule has 0 aromatic rings. The van der Waals surface area contributed by atoms with Gasteiger partial charge in [0.1, 0.15) is 0 Å². The van der Waals surface area contributed by atoms with Crippen LogP contribution in [0.15, 0.2) is 0 Å². The minimum Gasteiger partial charge on any atom is -0.464 e. The average Bonchev–Trinajstić information content (AvgIpc) is 2.93. The van der Waals surface area contributed by atoms with Crippen LogP contribution in [-0.4, -0.2) is 31.1 Å². The van der Waals surface area contributed by atoms with Gasteiger partial charge in [0.25, 0.3) is 0 Å². The van der Waals surface area contributed by atoms with Gasteiger partial charge in [0.05, 0.1) is 6.61 Å². The van der Waals surface area contributed by atoms with Crippen LogP contribution in [-0.2, 0) is 14.3 Å². The normalized spacial score (nSPS) is 19.1. The third-order valence-corrected chi connectivity index (χ3v) is 2.62. The molecule has 15 heavy (non-hydrogen) atoms. The van der Waals surface area contributed by atoms with Gasteiger partial charge in [-0.15, -0.1) is 0 Å². The van der Waals surface area contributed by atoms with E-state index in [1.165, 1.54) is 0 Å². The van der Waals surface area contributed by atoms with Crippen molar-refractivity contribution in [1.29, 1.82) is 0 Å². The van der Waals surface area contributed by atoms with Gasteiger partial charge in [0.2, 0.25) is 5.91 Å². The van der Waals surface area contributed by atoms with Gasteiger partial charge in [-0.3, -0.25) is 4.79 Å². The van der Waals surface area contributed by atoms with E-state index >= 15 is 0 Å². The van der Waals surface area contributed by atoms with Gasteiger partial charge in [0, 0.05) is 6.54 Å². The number of nitrogens with one attached hydrogen (secondary N) is 1. The van der Waals surface area contributed by atoms with Crippen molar-refractivity contribution in [2.45, 2.75) is 32.7 Å². The van der Waals surface area contributed by atoms with Crippen molar-refractivity contribution in [3.8, 4) is 0 Å². The number of carbonyl (C=O) groups is 2. The summed E-state index contributed by atoms with van der Waals surface area (Å²) in [5.41, 5.74) is 5.62. The molecule has 1 aliphatic rings. The van der Waals surface area contributed by atoms with Crippen molar-refractivity contribution in [2.75, 3.05) is 13.2 Å². The lowest BCUT2D eigenvalue weighted by atomic mass is 10.1. The Kier molecular flexibility index (Phi) is 3.68. The molecule has 1 amide bonds. The van der Waals surface area contributed by atoms with Crippen LogP contribution in [0.2, 0.25) is 0 Å². The first-order chi connectivity index (χ1) is 6.98. The summed E-state index contributed by atoms with van der Waals surface area (Å²) >= 11 is 0. The largest absolute Gasteiger partial charge is 0.464 e. The molecule has 86 valence electrons. The Morgan fingerprint density at radius 1 is 1.53 bits per heavy atom. The number of ether oxygens (including phenoxy) is 1. The van der Waals surface area contributed by atoms with Crippen LogP contribution in [0.1, 0.15) is 26.7 Å². The molecule has 0 bridgehead atoms. The Morgan fingerprint density at radius 2 is 2.13 bits per heavy atom. The van der Waals surface area contributed by atoms with Crippen LogP contribution >= 0.6 is 0 Å². The zero-order valence-corrected chi connectivity index (χ0v) is 9.21. The second kappa shape index (κ2) is 4.61. The molecule has 0 aromatic carbocycles. The number of nitrogens with two attached hydrogens (primary N) is 1. The van der Waals surface area contributed by atoms with Crippen LogP contribution < -0.4 is 11.1 Å². The Bertz CT molecular complexity index is 261. The third kappa shape index (κ3) is 3.51. The van der Waals surface area contributed by atoms with Crippen molar-refractivity contribution in [3.63, 3.8) is 0 Å². The molecule has 0 saturated heterocycles. The molecule has 1 saturated carbocycles.